The van der Waals surface area contributed by atoms with Crippen molar-refractivity contribution < 1.29 is 0 Å². The van der Waals surface area contributed by atoms with Crippen LogP contribution in [0.25, 0.3) is 0 Å². The van der Waals surface area contributed by atoms with Crippen molar-refractivity contribution in [3.05, 3.63) is 82.6 Å². The fourth-order valence-electron chi connectivity index (χ4n) is 3.43. The van der Waals surface area contributed by atoms with E-state index in [1.54, 1.807) is 5.57 Å². The molecule has 0 radical (unpaired) electrons. The second-order valence-corrected chi connectivity index (χ2v) is 9.16. The van der Waals surface area contributed by atoms with Gasteiger partial charge in [-0.25, -0.2) is 0 Å². The van der Waals surface area contributed by atoms with Crippen LogP contribution in [-0.4, -0.2) is 22.9 Å². The molecule has 0 atom stereocenters. The zero-order valence-corrected chi connectivity index (χ0v) is 14.5. The van der Waals surface area contributed by atoms with Crippen LogP contribution in [0.4, 0.5) is 0 Å². The quantitative estimate of drug-likeness (QED) is 0.584. The van der Waals surface area contributed by atoms with Crippen LogP contribution in [0.2, 0.25) is 0 Å². The maximum atomic E-state index is 2.42. The Morgan fingerprint density at radius 2 is 1.36 bits per heavy atom. The Kier molecular flexibility index (Phi) is 4.75. The average molecular weight is 298 g/mol. The third-order valence-electron chi connectivity index (χ3n) is 4.49. The van der Waals surface area contributed by atoms with Crippen molar-refractivity contribution in [3.8, 4) is 0 Å². The van der Waals surface area contributed by atoms with Crippen LogP contribution in [-0.2, 0) is 0 Å². The summed E-state index contributed by atoms with van der Waals surface area (Å²) in [7, 11) is -0.430. The molecule has 0 N–H and O–H groups in total. The van der Waals surface area contributed by atoms with E-state index >= 15 is 0 Å². The Bertz CT molecular complexity index is 660. The van der Waals surface area contributed by atoms with Crippen LogP contribution in [0.5, 0.6) is 0 Å². The molecule has 0 unspecified atom stereocenters. The minimum atomic E-state index is -0.430. The second kappa shape index (κ2) is 6.60. The molecule has 0 saturated carbocycles. The van der Waals surface area contributed by atoms with Crippen LogP contribution in [0.15, 0.2) is 82.6 Å². The summed E-state index contributed by atoms with van der Waals surface area (Å²) in [6.45, 7) is 4.84. The van der Waals surface area contributed by atoms with E-state index in [1.807, 2.05) is 0 Å². The van der Waals surface area contributed by atoms with E-state index in [0.717, 1.165) is 6.42 Å². The first-order valence-electron chi connectivity index (χ1n) is 7.88. The fraction of sp³-hybridized carbons (Fsp3) is 0.200. The summed E-state index contributed by atoms with van der Waals surface area (Å²) < 4.78 is 1.45. The van der Waals surface area contributed by atoms with Crippen molar-refractivity contribution in [2.45, 2.75) is 25.4 Å². The number of rotatable bonds is 4. The zero-order valence-electron chi connectivity index (χ0n) is 13.6. The fourth-order valence-corrected chi connectivity index (χ4v) is 6.50. The first-order chi connectivity index (χ1) is 10.6. The van der Waals surface area contributed by atoms with Crippen LogP contribution in [0.1, 0.15) is 20.3 Å². The monoisotopic (exact) mass is 298 g/mol. The summed E-state index contributed by atoms with van der Waals surface area (Å²) in [5.74, 6) is 0. The van der Waals surface area contributed by atoms with Crippen LogP contribution in [0.3, 0.4) is 0 Å². The van der Waals surface area contributed by atoms with Gasteiger partial charge in [0.25, 0.3) is 0 Å². The number of hydrogen-bond acceptors (Lipinski definition) is 0. The van der Waals surface area contributed by atoms with E-state index in [9.17, 15) is 0 Å². The average Bonchev–Trinajstić information content (AvgIpc) is 2.96. The van der Waals surface area contributed by atoms with Gasteiger partial charge in [0, 0.05) is 0 Å². The van der Waals surface area contributed by atoms with Gasteiger partial charge < -0.3 is 0 Å². The molecule has 0 nitrogen and oxygen atoms in total. The van der Waals surface area contributed by atoms with Gasteiger partial charge in [-0.3, -0.25) is 0 Å². The van der Waals surface area contributed by atoms with E-state index < -0.39 is 7.92 Å². The topological polar surface area (TPSA) is 0 Å². The molecule has 2 heteroatoms. The second-order valence-electron chi connectivity index (χ2n) is 6.33. The van der Waals surface area contributed by atoms with E-state index in [1.165, 1.54) is 14.9 Å². The molecule has 1 aliphatic carbocycles. The summed E-state index contributed by atoms with van der Waals surface area (Å²) >= 11 is 2.25. The van der Waals surface area contributed by atoms with Gasteiger partial charge in [-0.05, 0) is 0 Å². The third-order valence-corrected chi connectivity index (χ3v) is 7.51. The molecule has 2 aromatic rings. The molecule has 0 spiro atoms. The summed E-state index contributed by atoms with van der Waals surface area (Å²) in [6.07, 6.45) is 5.67. The molecule has 0 aliphatic heterocycles. The Balaban J connectivity index is 2.12. The van der Waals surface area contributed by atoms with E-state index in [2.05, 4.69) is 104 Å². The van der Waals surface area contributed by atoms with Crippen LogP contribution < -0.4 is 10.6 Å². The first-order valence-corrected chi connectivity index (χ1v) is 9.22. The van der Waals surface area contributed by atoms with Crippen LogP contribution >= 0.6 is 7.92 Å². The minimum absolute atomic E-state index is 0.158. The summed E-state index contributed by atoms with van der Waals surface area (Å²) in [5, 5.41) is 3.08. The molecule has 1 aliphatic rings. The SMILES string of the molecule is [Li][C]1=C(C(C)(C)P(c2ccccc2)c2ccccc2)CC=C1. The van der Waals surface area contributed by atoms with Crippen molar-refractivity contribution in [2.75, 3.05) is 0 Å². The van der Waals surface area contributed by atoms with Crippen molar-refractivity contribution in [2.24, 2.45) is 0 Å². The van der Waals surface area contributed by atoms with Gasteiger partial charge >= 0.3 is 144 Å². The first kappa shape index (κ1) is 15.8. The number of benzene rings is 2. The van der Waals surface area contributed by atoms with Gasteiger partial charge in [0.15, 0.2) is 0 Å². The van der Waals surface area contributed by atoms with Gasteiger partial charge in [-0.15, -0.1) is 0 Å². The van der Waals surface area contributed by atoms with Crippen molar-refractivity contribution in [1.82, 2.24) is 0 Å². The molecular formula is C20H20LiP. The molecule has 0 amide bonds. The Labute approximate surface area is 144 Å². The standard InChI is InChI=1S/C20H20P.Li/c1-20(2,17-11-9-10-12-17)21(18-13-5-3-6-14-18)19-15-7-4-8-16-19;/h3-10,13-16H,11H2,1-2H3;. The molecule has 22 heavy (non-hydrogen) atoms. The zero-order chi connectivity index (χ0) is 15.6. The predicted molar refractivity (Wildman–Crippen MR) is 99.7 cm³/mol. The predicted octanol–water partition coefficient (Wildman–Crippen LogP) is 4.28. The third kappa shape index (κ3) is 3.02. The molecular weight excluding hydrogens is 278 g/mol. The van der Waals surface area contributed by atoms with Crippen LogP contribution in [0, 0.1) is 0 Å². The Morgan fingerprint density at radius 3 is 1.77 bits per heavy atom. The van der Waals surface area contributed by atoms with E-state index in [4.69, 9.17) is 0 Å². The number of hydrogen-bond donors (Lipinski definition) is 0. The van der Waals surface area contributed by atoms with Gasteiger partial charge in [-0.2, -0.15) is 0 Å². The van der Waals surface area contributed by atoms with Gasteiger partial charge in [0.05, 0.1) is 0 Å². The summed E-state index contributed by atoms with van der Waals surface area (Å²) in [4.78, 5) is 0. The normalized spacial score (nSPS) is 15.0. The summed E-state index contributed by atoms with van der Waals surface area (Å²) in [6, 6.07) is 22.0. The number of allylic oxidation sites excluding steroid dienone is 4. The molecule has 0 heterocycles. The Hall–Kier alpha value is -1.05. The molecule has 0 saturated heterocycles. The maximum absolute atomic E-state index is 2.42. The molecule has 0 fully saturated rings. The van der Waals surface area contributed by atoms with Gasteiger partial charge in [-0.1, -0.05) is 0 Å². The van der Waals surface area contributed by atoms with Crippen molar-refractivity contribution in [3.63, 3.8) is 0 Å². The van der Waals surface area contributed by atoms with Gasteiger partial charge in [0.2, 0.25) is 0 Å². The molecule has 2 aromatic carbocycles. The molecule has 106 valence electrons. The van der Waals surface area contributed by atoms with Crippen molar-refractivity contribution in [1.29, 1.82) is 0 Å². The van der Waals surface area contributed by atoms with E-state index in [0.29, 0.717) is 0 Å². The molecule has 3 rings (SSSR count). The molecule has 0 bridgehead atoms. The Morgan fingerprint density at radius 1 is 0.864 bits per heavy atom. The van der Waals surface area contributed by atoms with Gasteiger partial charge in [0.1, 0.15) is 0 Å². The summed E-state index contributed by atoms with van der Waals surface area (Å²) in [5.41, 5.74) is 1.59. The molecule has 0 aromatic heterocycles. The van der Waals surface area contributed by atoms with E-state index in [-0.39, 0.29) is 5.16 Å². The van der Waals surface area contributed by atoms with Crippen molar-refractivity contribution >= 4 is 36.2 Å².